The number of alkyl carbamates (subject to hydrolysis) is 1. The van der Waals surface area contributed by atoms with E-state index in [-0.39, 0.29) is 6.10 Å². The highest BCUT2D eigenvalue weighted by atomic mass is 16.6. The molecule has 0 bridgehead atoms. The largest absolute Gasteiger partial charge is 0.447 e. The number of rotatable bonds is 4. The van der Waals surface area contributed by atoms with E-state index < -0.39 is 18.0 Å². The van der Waals surface area contributed by atoms with E-state index in [1.165, 1.54) is 6.34 Å². The van der Waals surface area contributed by atoms with E-state index >= 15 is 0 Å². The Kier molecular flexibility index (Phi) is 6.14. The van der Waals surface area contributed by atoms with Gasteiger partial charge in [0.2, 0.25) is 0 Å². The van der Waals surface area contributed by atoms with Crippen molar-refractivity contribution in [2.75, 3.05) is 14.1 Å². The second-order valence-electron chi connectivity index (χ2n) is 3.87. The fourth-order valence-corrected chi connectivity index (χ4v) is 0.771. The molecule has 0 radical (unpaired) electrons. The van der Waals surface area contributed by atoms with E-state index in [1.54, 1.807) is 39.8 Å². The van der Waals surface area contributed by atoms with Crippen molar-refractivity contribution >= 4 is 18.3 Å². The van der Waals surface area contributed by atoms with Crippen LogP contribution in [0.15, 0.2) is 4.99 Å². The van der Waals surface area contributed by atoms with Crippen LogP contribution in [0.3, 0.4) is 0 Å². The van der Waals surface area contributed by atoms with Gasteiger partial charge in [-0.05, 0) is 20.8 Å². The van der Waals surface area contributed by atoms with Gasteiger partial charge in [-0.1, -0.05) is 0 Å². The summed E-state index contributed by atoms with van der Waals surface area (Å²) in [7, 11) is 3.50. The van der Waals surface area contributed by atoms with Gasteiger partial charge in [0, 0.05) is 14.1 Å². The number of aliphatic imine (C=N–C) groups is 1. The summed E-state index contributed by atoms with van der Waals surface area (Å²) in [6.45, 7) is 5.02. The van der Waals surface area contributed by atoms with Gasteiger partial charge in [0.05, 0.1) is 12.4 Å². The molecule has 0 spiro atoms. The van der Waals surface area contributed by atoms with Gasteiger partial charge in [0.25, 0.3) is 5.91 Å². The summed E-state index contributed by atoms with van der Waals surface area (Å²) in [5.74, 6) is -0.422. The van der Waals surface area contributed by atoms with Gasteiger partial charge in [-0.2, -0.15) is 0 Å². The predicted molar refractivity (Wildman–Crippen MR) is 61.4 cm³/mol. The Morgan fingerprint density at radius 2 is 1.88 bits per heavy atom. The summed E-state index contributed by atoms with van der Waals surface area (Å²) in [6, 6.07) is -0.692. The molecule has 0 saturated carbocycles. The molecule has 0 aliphatic carbocycles. The number of ether oxygens (including phenoxy) is 1. The smallest absolute Gasteiger partial charge is 0.408 e. The van der Waals surface area contributed by atoms with Crippen LogP contribution < -0.4 is 5.32 Å². The number of carbonyl (C=O) groups is 2. The molecule has 1 atom stereocenters. The number of amides is 2. The fourth-order valence-electron chi connectivity index (χ4n) is 0.771. The molecule has 92 valence electrons. The van der Waals surface area contributed by atoms with Gasteiger partial charge in [0.15, 0.2) is 0 Å². The van der Waals surface area contributed by atoms with E-state index in [2.05, 4.69) is 10.3 Å². The Hall–Kier alpha value is -1.59. The lowest BCUT2D eigenvalue weighted by atomic mass is 10.3. The molecular formula is C10H19N3O3. The molecule has 0 aromatic carbocycles. The average Bonchev–Trinajstić information content (AvgIpc) is 2.12. The second kappa shape index (κ2) is 6.81. The summed E-state index contributed by atoms with van der Waals surface area (Å²) < 4.78 is 4.83. The maximum atomic E-state index is 11.4. The van der Waals surface area contributed by atoms with Gasteiger partial charge < -0.3 is 15.0 Å². The van der Waals surface area contributed by atoms with Crippen molar-refractivity contribution in [2.45, 2.75) is 32.9 Å². The van der Waals surface area contributed by atoms with E-state index in [9.17, 15) is 9.59 Å². The highest BCUT2D eigenvalue weighted by molar-refractivity contribution is 5.90. The highest BCUT2D eigenvalue weighted by Gasteiger charge is 2.15. The molecule has 16 heavy (non-hydrogen) atoms. The van der Waals surface area contributed by atoms with Crippen molar-refractivity contribution in [1.82, 2.24) is 10.2 Å². The van der Waals surface area contributed by atoms with Gasteiger partial charge in [-0.25, -0.2) is 9.79 Å². The lowest BCUT2D eigenvalue weighted by Crippen LogP contribution is -2.39. The number of carbonyl (C=O) groups excluding carboxylic acids is 2. The number of nitrogens with one attached hydrogen (secondary N) is 1. The lowest BCUT2D eigenvalue weighted by Gasteiger charge is -2.12. The molecule has 0 aromatic heterocycles. The molecular weight excluding hydrogens is 210 g/mol. The molecule has 2 amide bonds. The summed E-state index contributed by atoms with van der Waals surface area (Å²) in [5, 5.41) is 2.39. The number of hydrogen-bond donors (Lipinski definition) is 1. The third-order valence-electron chi connectivity index (χ3n) is 1.46. The van der Waals surface area contributed by atoms with Crippen LogP contribution in [0.5, 0.6) is 0 Å². The summed E-state index contributed by atoms with van der Waals surface area (Å²) in [4.78, 5) is 27.8. The SMILES string of the molecule is CC(C)OC(=O)NC(C)C(=O)N=CN(C)C. The summed E-state index contributed by atoms with van der Waals surface area (Å²) >= 11 is 0. The Bertz CT molecular complexity index is 274. The molecule has 0 aromatic rings. The van der Waals surface area contributed by atoms with Gasteiger partial charge in [-0.15, -0.1) is 0 Å². The lowest BCUT2D eigenvalue weighted by molar-refractivity contribution is -0.119. The first-order valence-corrected chi connectivity index (χ1v) is 5.04. The van der Waals surface area contributed by atoms with Crippen molar-refractivity contribution in [2.24, 2.45) is 4.99 Å². The maximum Gasteiger partial charge on any atom is 0.408 e. The van der Waals surface area contributed by atoms with E-state index in [1.807, 2.05) is 0 Å². The molecule has 0 fully saturated rings. The Morgan fingerprint density at radius 1 is 1.31 bits per heavy atom. The molecule has 0 saturated heterocycles. The van der Waals surface area contributed by atoms with Crippen LogP contribution in [0, 0.1) is 0 Å². The van der Waals surface area contributed by atoms with Crippen LogP contribution in [-0.4, -0.2) is 49.5 Å². The normalized spacial score (nSPS) is 12.6. The molecule has 6 nitrogen and oxygen atoms in total. The quantitative estimate of drug-likeness (QED) is 0.567. The third kappa shape index (κ3) is 6.80. The standard InChI is InChI=1S/C10H19N3O3/c1-7(2)16-10(15)12-8(3)9(14)11-6-13(4)5/h6-8H,1-5H3,(H,12,15). The van der Waals surface area contributed by atoms with E-state index in [0.29, 0.717) is 0 Å². The summed E-state index contributed by atoms with van der Waals surface area (Å²) in [6.07, 6.45) is 0.553. The van der Waals surface area contributed by atoms with Gasteiger partial charge in [-0.3, -0.25) is 4.79 Å². The molecule has 1 unspecified atom stereocenters. The zero-order valence-electron chi connectivity index (χ0n) is 10.4. The van der Waals surface area contributed by atoms with Crippen molar-refractivity contribution in [3.8, 4) is 0 Å². The first kappa shape index (κ1) is 14.4. The van der Waals surface area contributed by atoms with Gasteiger partial charge in [0.1, 0.15) is 6.04 Å². The van der Waals surface area contributed by atoms with Crippen molar-refractivity contribution in [3.05, 3.63) is 0 Å². The van der Waals surface area contributed by atoms with Crippen molar-refractivity contribution in [1.29, 1.82) is 0 Å². The molecule has 0 aliphatic rings. The Balaban J connectivity index is 4.10. The zero-order chi connectivity index (χ0) is 12.7. The van der Waals surface area contributed by atoms with Gasteiger partial charge >= 0.3 is 6.09 Å². The molecule has 0 rings (SSSR count). The van der Waals surface area contributed by atoms with Crippen LogP contribution in [0.2, 0.25) is 0 Å². The minimum absolute atomic E-state index is 0.215. The van der Waals surface area contributed by atoms with Crippen LogP contribution in [-0.2, 0) is 9.53 Å². The molecule has 6 heteroatoms. The van der Waals surface area contributed by atoms with E-state index in [0.717, 1.165) is 0 Å². The van der Waals surface area contributed by atoms with Crippen molar-refractivity contribution in [3.63, 3.8) is 0 Å². The van der Waals surface area contributed by atoms with Crippen LogP contribution in [0.4, 0.5) is 4.79 Å². The molecule has 1 N–H and O–H groups in total. The van der Waals surface area contributed by atoms with Crippen LogP contribution in [0.1, 0.15) is 20.8 Å². The van der Waals surface area contributed by atoms with E-state index in [4.69, 9.17) is 4.74 Å². The van der Waals surface area contributed by atoms with Crippen LogP contribution >= 0.6 is 0 Å². The molecule has 0 heterocycles. The fraction of sp³-hybridized carbons (Fsp3) is 0.700. The van der Waals surface area contributed by atoms with Crippen molar-refractivity contribution < 1.29 is 14.3 Å². The first-order valence-electron chi connectivity index (χ1n) is 5.04. The summed E-state index contributed by atoms with van der Waals surface area (Å²) in [5.41, 5.74) is 0. The topological polar surface area (TPSA) is 71.0 Å². The first-order chi connectivity index (χ1) is 7.32. The number of hydrogen-bond acceptors (Lipinski definition) is 3. The minimum atomic E-state index is -0.692. The number of nitrogens with zero attached hydrogens (tertiary/aromatic N) is 2. The Morgan fingerprint density at radius 3 is 2.31 bits per heavy atom. The third-order valence-corrected chi connectivity index (χ3v) is 1.46. The molecule has 0 aliphatic heterocycles. The predicted octanol–water partition coefficient (Wildman–Crippen LogP) is 0.626. The monoisotopic (exact) mass is 229 g/mol. The minimum Gasteiger partial charge on any atom is -0.447 e. The van der Waals surface area contributed by atoms with Crippen LogP contribution in [0.25, 0.3) is 0 Å². The highest BCUT2D eigenvalue weighted by Crippen LogP contribution is 1.92. The zero-order valence-corrected chi connectivity index (χ0v) is 10.4. The Labute approximate surface area is 95.7 Å². The average molecular weight is 229 g/mol. The second-order valence-corrected chi connectivity index (χ2v) is 3.87. The maximum absolute atomic E-state index is 11.4.